The zero-order valence-corrected chi connectivity index (χ0v) is 17.7. The van der Waals surface area contributed by atoms with Crippen molar-refractivity contribution in [3.8, 4) is 0 Å². The van der Waals surface area contributed by atoms with Crippen molar-refractivity contribution in [3.63, 3.8) is 0 Å². The summed E-state index contributed by atoms with van der Waals surface area (Å²) >= 11 is 0. The summed E-state index contributed by atoms with van der Waals surface area (Å²) in [5.74, 6) is -0.797. The van der Waals surface area contributed by atoms with Crippen molar-refractivity contribution in [1.82, 2.24) is 19.6 Å². The van der Waals surface area contributed by atoms with Crippen LogP contribution >= 0.6 is 0 Å². The molecule has 4 rings (SSSR count). The Kier molecular flexibility index (Phi) is 6.55. The molecule has 0 spiro atoms. The van der Waals surface area contributed by atoms with Gasteiger partial charge in [0.05, 0.1) is 12.6 Å². The summed E-state index contributed by atoms with van der Waals surface area (Å²) in [6, 6.07) is 10.7. The van der Waals surface area contributed by atoms with Crippen LogP contribution in [0.15, 0.2) is 30.3 Å². The number of piperidine rings is 1. The molecule has 0 saturated carbocycles. The first-order valence-electron chi connectivity index (χ1n) is 10.9. The van der Waals surface area contributed by atoms with E-state index in [0.29, 0.717) is 13.1 Å². The van der Waals surface area contributed by atoms with E-state index < -0.39 is 5.97 Å². The monoisotopic (exact) mass is 416 g/mol. The van der Waals surface area contributed by atoms with Crippen LogP contribution in [0.25, 0.3) is 0 Å². The molecule has 8 heteroatoms. The molecule has 1 N–H and O–H groups in total. The fourth-order valence-corrected chi connectivity index (χ4v) is 4.99. The SMILES string of the molecule is CC1C(N2CCN(CC(=O)O)CC2)OC(=O)N1C1CCN(Cc2ccccc2)CC1. The predicted molar refractivity (Wildman–Crippen MR) is 112 cm³/mol. The Balaban J connectivity index is 1.28. The van der Waals surface area contributed by atoms with Crippen LogP contribution in [0.4, 0.5) is 4.79 Å². The van der Waals surface area contributed by atoms with Gasteiger partial charge in [-0.1, -0.05) is 30.3 Å². The minimum absolute atomic E-state index is 0.00852. The van der Waals surface area contributed by atoms with Crippen molar-refractivity contribution < 1.29 is 19.4 Å². The van der Waals surface area contributed by atoms with E-state index in [9.17, 15) is 9.59 Å². The van der Waals surface area contributed by atoms with Crippen molar-refractivity contribution in [2.45, 2.75) is 44.6 Å². The van der Waals surface area contributed by atoms with Crippen molar-refractivity contribution in [1.29, 1.82) is 0 Å². The zero-order valence-electron chi connectivity index (χ0n) is 17.7. The summed E-state index contributed by atoms with van der Waals surface area (Å²) in [4.78, 5) is 32.1. The minimum atomic E-state index is -0.797. The Morgan fingerprint density at radius 3 is 2.33 bits per heavy atom. The summed E-state index contributed by atoms with van der Waals surface area (Å²) in [7, 11) is 0. The molecule has 164 valence electrons. The van der Waals surface area contributed by atoms with E-state index in [1.165, 1.54) is 5.56 Å². The van der Waals surface area contributed by atoms with Gasteiger partial charge in [-0.3, -0.25) is 24.4 Å². The maximum atomic E-state index is 12.7. The number of hydrogen-bond donors (Lipinski definition) is 1. The smallest absolute Gasteiger partial charge is 0.412 e. The van der Waals surface area contributed by atoms with E-state index in [4.69, 9.17) is 9.84 Å². The van der Waals surface area contributed by atoms with Crippen LogP contribution in [-0.2, 0) is 16.1 Å². The number of hydrogen-bond acceptors (Lipinski definition) is 6. The fourth-order valence-electron chi connectivity index (χ4n) is 4.99. The Morgan fingerprint density at radius 2 is 1.70 bits per heavy atom. The van der Waals surface area contributed by atoms with Crippen molar-refractivity contribution in [2.24, 2.45) is 0 Å². The fraction of sp³-hybridized carbons (Fsp3) is 0.636. The Labute approximate surface area is 178 Å². The maximum absolute atomic E-state index is 12.7. The highest BCUT2D eigenvalue weighted by Crippen LogP contribution is 2.29. The first kappa shape index (κ1) is 21.1. The number of carbonyl (C=O) groups excluding carboxylic acids is 1. The van der Waals surface area contributed by atoms with Gasteiger partial charge in [-0.2, -0.15) is 0 Å². The normalized spacial score (nSPS) is 27.4. The summed E-state index contributed by atoms with van der Waals surface area (Å²) in [6.07, 6.45) is 1.48. The topological polar surface area (TPSA) is 76.6 Å². The van der Waals surface area contributed by atoms with E-state index in [1.54, 1.807) is 0 Å². The molecule has 2 unspecified atom stereocenters. The first-order chi connectivity index (χ1) is 14.5. The highest BCUT2D eigenvalue weighted by atomic mass is 16.6. The Morgan fingerprint density at radius 1 is 1.03 bits per heavy atom. The molecule has 0 bridgehead atoms. The average molecular weight is 417 g/mol. The van der Waals surface area contributed by atoms with Crippen LogP contribution in [-0.4, -0.2) is 101 Å². The van der Waals surface area contributed by atoms with Gasteiger partial charge in [0.1, 0.15) is 0 Å². The summed E-state index contributed by atoms with van der Waals surface area (Å²) in [5, 5.41) is 8.97. The molecule has 1 aromatic rings. The van der Waals surface area contributed by atoms with Crippen molar-refractivity contribution in [2.75, 3.05) is 45.8 Å². The first-order valence-corrected chi connectivity index (χ1v) is 10.9. The molecule has 30 heavy (non-hydrogen) atoms. The van der Waals surface area contributed by atoms with Crippen LogP contribution < -0.4 is 0 Å². The van der Waals surface area contributed by atoms with Gasteiger partial charge in [-0.15, -0.1) is 0 Å². The highest BCUT2D eigenvalue weighted by molar-refractivity contribution is 5.71. The van der Waals surface area contributed by atoms with Crippen molar-refractivity contribution >= 4 is 12.1 Å². The van der Waals surface area contributed by atoms with Gasteiger partial charge in [0.15, 0.2) is 6.23 Å². The molecule has 3 saturated heterocycles. The lowest BCUT2D eigenvalue weighted by molar-refractivity contribution is -0.139. The second-order valence-electron chi connectivity index (χ2n) is 8.62. The van der Waals surface area contributed by atoms with E-state index in [0.717, 1.165) is 45.6 Å². The van der Waals surface area contributed by atoms with Gasteiger partial charge in [-0.05, 0) is 25.3 Å². The number of carboxylic acid groups (broad SMARTS) is 1. The lowest BCUT2D eigenvalue weighted by Gasteiger charge is -2.40. The second-order valence-corrected chi connectivity index (χ2v) is 8.62. The number of carbonyl (C=O) groups is 2. The molecule has 1 aromatic carbocycles. The number of amides is 1. The third-order valence-corrected chi connectivity index (χ3v) is 6.61. The van der Waals surface area contributed by atoms with Crippen LogP contribution in [0.5, 0.6) is 0 Å². The second kappa shape index (κ2) is 9.32. The molecule has 0 aromatic heterocycles. The van der Waals surface area contributed by atoms with Crippen LogP contribution in [0, 0.1) is 0 Å². The zero-order chi connectivity index (χ0) is 21.1. The minimum Gasteiger partial charge on any atom is -0.480 e. The van der Waals surface area contributed by atoms with E-state index >= 15 is 0 Å². The van der Waals surface area contributed by atoms with Gasteiger partial charge in [0.25, 0.3) is 0 Å². The summed E-state index contributed by atoms with van der Waals surface area (Å²) < 4.78 is 5.78. The number of carboxylic acids is 1. The van der Waals surface area contributed by atoms with Gasteiger partial charge < -0.3 is 9.84 Å². The van der Waals surface area contributed by atoms with Crippen LogP contribution in [0.1, 0.15) is 25.3 Å². The van der Waals surface area contributed by atoms with Crippen molar-refractivity contribution in [3.05, 3.63) is 35.9 Å². The number of likely N-dealkylation sites (tertiary alicyclic amines) is 1. The third-order valence-electron chi connectivity index (χ3n) is 6.61. The van der Waals surface area contributed by atoms with E-state index in [1.807, 2.05) is 15.9 Å². The molecule has 3 heterocycles. The Hall–Kier alpha value is -2.16. The van der Waals surface area contributed by atoms with Gasteiger partial charge in [0, 0.05) is 51.9 Å². The molecule has 0 radical (unpaired) electrons. The number of aliphatic carboxylic acids is 1. The third kappa shape index (κ3) is 4.77. The molecule has 1 amide bonds. The molecular formula is C22H32N4O4. The number of nitrogens with zero attached hydrogens (tertiary/aromatic N) is 4. The molecule has 3 aliphatic rings. The molecule has 0 aliphatic carbocycles. The number of cyclic esters (lactones) is 1. The number of benzene rings is 1. The van der Waals surface area contributed by atoms with Crippen LogP contribution in [0.2, 0.25) is 0 Å². The van der Waals surface area contributed by atoms with Gasteiger partial charge in [-0.25, -0.2) is 4.79 Å². The Bertz CT molecular complexity index is 730. The number of rotatable bonds is 6. The lowest BCUT2D eigenvalue weighted by atomic mass is 10.0. The average Bonchev–Trinajstić information content (AvgIpc) is 3.04. The van der Waals surface area contributed by atoms with Gasteiger partial charge >= 0.3 is 12.1 Å². The van der Waals surface area contributed by atoms with Gasteiger partial charge in [0.2, 0.25) is 0 Å². The summed E-state index contributed by atoms with van der Waals surface area (Å²) in [6.45, 7) is 7.88. The predicted octanol–water partition coefficient (Wildman–Crippen LogP) is 1.52. The molecule has 2 atom stereocenters. The standard InChI is InChI=1S/C22H32N4O4/c1-17-21(25-13-11-24(12-14-25)16-20(27)28)30-22(29)26(17)19-7-9-23(10-8-19)15-18-5-3-2-4-6-18/h2-6,17,19,21H,7-16H2,1H3,(H,27,28). The van der Waals surface area contributed by atoms with E-state index in [2.05, 4.69) is 41.0 Å². The molecule has 3 fully saturated rings. The lowest BCUT2D eigenvalue weighted by Crippen LogP contribution is -2.55. The molecule has 8 nitrogen and oxygen atoms in total. The quantitative estimate of drug-likeness (QED) is 0.753. The largest absolute Gasteiger partial charge is 0.480 e. The highest BCUT2D eigenvalue weighted by Gasteiger charge is 2.46. The number of piperazine rings is 1. The molecule has 3 aliphatic heterocycles. The van der Waals surface area contributed by atoms with Crippen LogP contribution in [0.3, 0.4) is 0 Å². The summed E-state index contributed by atoms with van der Waals surface area (Å²) in [5.41, 5.74) is 1.33. The van der Waals surface area contributed by atoms with E-state index in [-0.39, 0.29) is 30.9 Å². The number of ether oxygens (including phenoxy) is 1. The maximum Gasteiger partial charge on any atom is 0.412 e. The molecular weight excluding hydrogens is 384 g/mol.